The number of hydrogen-bond acceptors (Lipinski definition) is 4. The average Bonchev–Trinajstić information content (AvgIpc) is 3.40. The lowest BCUT2D eigenvalue weighted by atomic mass is 10.0. The van der Waals surface area contributed by atoms with Gasteiger partial charge in [-0.2, -0.15) is 0 Å². The minimum Gasteiger partial charge on any atom is -0.345 e. The summed E-state index contributed by atoms with van der Waals surface area (Å²) in [6, 6.07) is 11.8. The van der Waals surface area contributed by atoms with E-state index in [1.807, 2.05) is 43.3 Å². The van der Waals surface area contributed by atoms with E-state index in [1.54, 1.807) is 18.6 Å². The third kappa shape index (κ3) is 2.54. The summed E-state index contributed by atoms with van der Waals surface area (Å²) in [6.45, 7) is 1.89. The van der Waals surface area contributed by atoms with E-state index < -0.39 is 12.1 Å². The van der Waals surface area contributed by atoms with Crippen LogP contribution >= 0.6 is 0 Å². The smallest absolute Gasteiger partial charge is 0.329 e. The summed E-state index contributed by atoms with van der Waals surface area (Å²) < 4.78 is 0. The number of amides is 3. The number of fused-ring (bicyclic) bond motifs is 1. The van der Waals surface area contributed by atoms with Gasteiger partial charge < -0.3 is 9.97 Å². The molecule has 1 saturated heterocycles. The Morgan fingerprint density at radius 1 is 1.04 bits per heavy atom. The highest BCUT2D eigenvalue weighted by molar-refractivity contribution is 6.15. The number of carbonyl (C=O) groups is 2. The number of anilines is 1. The number of carbonyl (C=O) groups excluding carboxylic acids is 2. The number of urea groups is 1. The Kier molecular flexibility index (Phi) is 3.51. The Hall–Kier alpha value is -3.94. The summed E-state index contributed by atoms with van der Waals surface area (Å²) in [7, 11) is 0. The molecule has 0 radical (unpaired) electrons. The molecule has 1 atom stereocenters. The fraction of sp³-hybridized carbons (Fsp3) is 0.100. The number of benzene rings is 2. The van der Waals surface area contributed by atoms with Crippen molar-refractivity contribution >= 4 is 28.7 Å². The van der Waals surface area contributed by atoms with E-state index in [-0.39, 0.29) is 5.91 Å². The van der Waals surface area contributed by atoms with Crippen molar-refractivity contribution in [3.05, 3.63) is 66.4 Å². The molecule has 1 unspecified atom stereocenters. The van der Waals surface area contributed by atoms with Gasteiger partial charge in [-0.3, -0.25) is 15.0 Å². The normalized spacial score (nSPS) is 16.8. The zero-order valence-electron chi connectivity index (χ0n) is 14.9. The number of nitrogens with one attached hydrogen (secondary N) is 3. The number of imidazole rings is 2. The predicted octanol–water partition coefficient (Wildman–Crippen LogP) is 3.06. The third-order valence-electron chi connectivity index (χ3n) is 4.88. The number of aromatic amines is 2. The molecule has 1 fully saturated rings. The number of imide groups is 1. The molecule has 0 saturated carbocycles. The van der Waals surface area contributed by atoms with Crippen molar-refractivity contribution in [1.29, 1.82) is 0 Å². The summed E-state index contributed by atoms with van der Waals surface area (Å²) in [5.41, 5.74) is 4.81. The van der Waals surface area contributed by atoms with E-state index in [0.717, 1.165) is 33.7 Å². The fourth-order valence-corrected chi connectivity index (χ4v) is 3.52. The molecule has 2 aromatic heterocycles. The summed E-state index contributed by atoms with van der Waals surface area (Å²) in [6.07, 6.45) is 3.36. The molecule has 2 aromatic carbocycles. The quantitative estimate of drug-likeness (QED) is 0.481. The lowest BCUT2D eigenvalue weighted by Gasteiger charge is -2.22. The van der Waals surface area contributed by atoms with Crippen molar-refractivity contribution in [2.75, 3.05) is 4.90 Å². The van der Waals surface area contributed by atoms with Gasteiger partial charge in [0.05, 0.1) is 29.3 Å². The third-order valence-corrected chi connectivity index (χ3v) is 4.88. The molecule has 3 amide bonds. The molecule has 4 aromatic rings. The van der Waals surface area contributed by atoms with Crippen molar-refractivity contribution in [2.45, 2.75) is 13.0 Å². The van der Waals surface area contributed by atoms with Crippen LogP contribution in [0.4, 0.5) is 10.5 Å². The van der Waals surface area contributed by atoms with Gasteiger partial charge in [-0.05, 0) is 36.2 Å². The van der Waals surface area contributed by atoms with Gasteiger partial charge in [-0.15, -0.1) is 0 Å². The first kappa shape index (κ1) is 16.2. The largest absolute Gasteiger partial charge is 0.345 e. The summed E-state index contributed by atoms with van der Waals surface area (Å²) in [5, 5.41) is 2.41. The molecule has 3 heterocycles. The van der Waals surface area contributed by atoms with Crippen LogP contribution < -0.4 is 10.2 Å². The second kappa shape index (κ2) is 6.05. The maximum Gasteiger partial charge on any atom is 0.329 e. The van der Waals surface area contributed by atoms with Gasteiger partial charge in [-0.1, -0.05) is 24.3 Å². The Labute approximate surface area is 159 Å². The fourth-order valence-electron chi connectivity index (χ4n) is 3.52. The minimum absolute atomic E-state index is 0.347. The van der Waals surface area contributed by atoms with Crippen LogP contribution in [0.15, 0.2) is 55.0 Å². The molecule has 0 spiro atoms. The van der Waals surface area contributed by atoms with Crippen LogP contribution in [0.25, 0.3) is 22.3 Å². The highest BCUT2D eigenvalue weighted by Crippen LogP contribution is 2.33. The molecule has 8 nitrogen and oxygen atoms in total. The van der Waals surface area contributed by atoms with E-state index in [1.165, 1.54) is 4.90 Å². The van der Waals surface area contributed by atoms with Crippen LogP contribution in [0.1, 0.15) is 17.4 Å². The maximum atomic E-state index is 12.5. The van der Waals surface area contributed by atoms with Crippen LogP contribution in [-0.2, 0) is 4.79 Å². The van der Waals surface area contributed by atoms with Crippen LogP contribution in [0, 0.1) is 6.92 Å². The molecule has 3 N–H and O–H groups in total. The van der Waals surface area contributed by atoms with Crippen LogP contribution in [0.5, 0.6) is 0 Å². The number of nitrogens with zero attached hydrogens (tertiary/aromatic N) is 3. The molecule has 28 heavy (non-hydrogen) atoms. The SMILES string of the molecule is Cc1ncc(-c2ccc(C3C(=O)NC(=O)N3c3ccc4nc[nH]c4c3)cc2)[nH]1. The number of hydrogen-bond donors (Lipinski definition) is 3. The van der Waals surface area contributed by atoms with E-state index in [4.69, 9.17) is 0 Å². The van der Waals surface area contributed by atoms with Crippen LogP contribution in [0.3, 0.4) is 0 Å². The zero-order chi connectivity index (χ0) is 19.3. The Bertz CT molecular complexity index is 1210. The summed E-state index contributed by atoms with van der Waals surface area (Å²) in [5.74, 6) is 0.486. The van der Waals surface area contributed by atoms with Gasteiger partial charge in [0.1, 0.15) is 11.9 Å². The summed E-state index contributed by atoms with van der Waals surface area (Å²) >= 11 is 0. The van der Waals surface area contributed by atoms with Crippen molar-refractivity contribution in [1.82, 2.24) is 25.3 Å². The van der Waals surface area contributed by atoms with Gasteiger partial charge in [0.25, 0.3) is 5.91 Å². The van der Waals surface area contributed by atoms with Crippen LogP contribution in [-0.4, -0.2) is 31.9 Å². The van der Waals surface area contributed by atoms with Gasteiger partial charge in [-0.25, -0.2) is 14.8 Å². The van der Waals surface area contributed by atoms with E-state index in [2.05, 4.69) is 25.3 Å². The molecule has 5 rings (SSSR count). The molecule has 1 aliphatic rings. The van der Waals surface area contributed by atoms with Crippen molar-refractivity contribution in [3.63, 3.8) is 0 Å². The van der Waals surface area contributed by atoms with Crippen molar-refractivity contribution < 1.29 is 9.59 Å². The number of H-pyrrole nitrogens is 2. The molecule has 138 valence electrons. The first-order valence-electron chi connectivity index (χ1n) is 8.79. The Balaban J connectivity index is 1.53. The standard InChI is InChI=1S/C20H16N6O2/c1-11-21-9-17(24-11)12-2-4-13(5-3-12)18-19(27)25-20(28)26(18)14-6-7-15-16(8-14)23-10-22-15/h2-10,18H,1H3,(H,21,24)(H,22,23)(H,25,27,28). The second-order valence-corrected chi connectivity index (χ2v) is 6.68. The van der Waals surface area contributed by atoms with Gasteiger partial charge in [0.15, 0.2) is 0 Å². The molecule has 1 aliphatic heterocycles. The lowest BCUT2D eigenvalue weighted by Crippen LogP contribution is -2.29. The number of rotatable bonds is 3. The van der Waals surface area contributed by atoms with E-state index >= 15 is 0 Å². The maximum absolute atomic E-state index is 12.5. The van der Waals surface area contributed by atoms with Gasteiger partial charge in [0, 0.05) is 5.69 Å². The Morgan fingerprint density at radius 2 is 1.86 bits per heavy atom. The lowest BCUT2D eigenvalue weighted by molar-refractivity contribution is -0.119. The highest BCUT2D eigenvalue weighted by Gasteiger charge is 2.40. The van der Waals surface area contributed by atoms with Crippen molar-refractivity contribution in [2.24, 2.45) is 0 Å². The monoisotopic (exact) mass is 372 g/mol. The average molecular weight is 372 g/mol. The first-order valence-corrected chi connectivity index (χ1v) is 8.79. The predicted molar refractivity (Wildman–Crippen MR) is 104 cm³/mol. The van der Waals surface area contributed by atoms with E-state index in [9.17, 15) is 9.59 Å². The second-order valence-electron chi connectivity index (χ2n) is 6.68. The van der Waals surface area contributed by atoms with Crippen LogP contribution in [0.2, 0.25) is 0 Å². The Morgan fingerprint density at radius 3 is 2.61 bits per heavy atom. The molecular formula is C20H16N6O2. The minimum atomic E-state index is -0.731. The first-order chi connectivity index (χ1) is 13.6. The highest BCUT2D eigenvalue weighted by atomic mass is 16.2. The number of aromatic nitrogens is 4. The summed E-state index contributed by atoms with van der Waals surface area (Å²) in [4.78, 5) is 41.1. The van der Waals surface area contributed by atoms with Gasteiger partial charge >= 0.3 is 6.03 Å². The molecule has 8 heteroatoms. The van der Waals surface area contributed by atoms with E-state index in [0.29, 0.717) is 5.69 Å². The molecule has 0 aliphatic carbocycles. The van der Waals surface area contributed by atoms with Crippen molar-refractivity contribution in [3.8, 4) is 11.3 Å². The topological polar surface area (TPSA) is 107 Å². The molecule has 0 bridgehead atoms. The van der Waals surface area contributed by atoms with Gasteiger partial charge in [0.2, 0.25) is 0 Å². The molecular weight excluding hydrogens is 356 g/mol. The number of aryl methyl sites for hydroxylation is 1. The zero-order valence-corrected chi connectivity index (χ0v) is 14.9.